The third kappa shape index (κ3) is 2.21. The number of H-pyrrole nitrogens is 1. The Morgan fingerprint density at radius 2 is 2.29 bits per heavy atom. The zero-order chi connectivity index (χ0) is 11.7. The minimum atomic E-state index is 0.378. The Balaban J connectivity index is 1.89. The first-order valence-electron chi connectivity index (χ1n) is 5.87. The summed E-state index contributed by atoms with van der Waals surface area (Å²) in [6.07, 6.45) is 4.32. The van der Waals surface area contributed by atoms with E-state index in [1.807, 2.05) is 30.5 Å². The molecule has 2 aromatic rings. The Morgan fingerprint density at radius 1 is 1.35 bits per heavy atom. The molecular weight excluding hydrogens is 234 g/mol. The van der Waals surface area contributed by atoms with E-state index in [-0.39, 0.29) is 0 Å². The van der Waals surface area contributed by atoms with Crippen molar-refractivity contribution in [1.29, 1.82) is 0 Å². The first kappa shape index (κ1) is 10.8. The Labute approximate surface area is 105 Å². The van der Waals surface area contributed by atoms with Gasteiger partial charge < -0.3 is 10.3 Å². The van der Waals surface area contributed by atoms with Crippen LogP contribution in [0.5, 0.6) is 0 Å². The van der Waals surface area contributed by atoms with E-state index in [2.05, 4.69) is 15.3 Å². The molecule has 1 aromatic carbocycles. The quantitative estimate of drug-likeness (QED) is 0.856. The molecule has 0 saturated carbocycles. The van der Waals surface area contributed by atoms with Crippen molar-refractivity contribution in [3.05, 3.63) is 41.3 Å². The number of hydrogen-bond donors (Lipinski definition) is 2. The lowest BCUT2D eigenvalue weighted by Gasteiger charge is -2.04. The highest BCUT2D eigenvalue weighted by Crippen LogP contribution is 2.25. The molecule has 1 unspecified atom stereocenters. The number of rotatable bonds is 2. The molecule has 1 aliphatic rings. The minimum Gasteiger partial charge on any atom is -0.347 e. The van der Waals surface area contributed by atoms with Crippen molar-refractivity contribution in [1.82, 2.24) is 15.3 Å². The molecule has 4 heteroatoms. The predicted octanol–water partition coefficient (Wildman–Crippen LogP) is 3.15. The zero-order valence-electron chi connectivity index (χ0n) is 9.41. The van der Waals surface area contributed by atoms with Crippen molar-refractivity contribution < 1.29 is 0 Å². The van der Waals surface area contributed by atoms with Gasteiger partial charge in [0.1, 0.15) is 5.82 Å². The fourth-order valence-corrected chi connectivity index (χ4v) is 2.42. The highest BCUT2D eigenvalue weighted by Gasteiger charge is 2.19. The number of aromatic nitrogens is 2. The van der Waals surface area contributed by atoms with Crippen molar-refractivity contribution in [2.24, 2.45) is 0 Å². The smallest absolute Gasteiger partial charge is 0.124 e. The van der Waals surface area contributed by atoms with Gasteiger partial charge in [-0.15, -0.1) is 0 Å². The molecule has 0 bridgehead atoms. The monoisotopic (exact) mass is 247 g/mol. The third-order valence-electron chi connectivity index (χ3n) is 3.11. The lowest BCUT2D eigenvalue weighted by Crippen LogP contribution is -2.14. The molecule has 1 aliphatic heterocycles. The Bertz CT molecular complexity index is 515. The van der Waals surface area contributed by atoms with Gasteiger partial charge in [-0.3, -0.25) is 0 Å². The van der Waals surface area contributed by atoms with Gasteiger partial charge in [-0.25, -0.2) is 4.98 Å². The second-order valence-corrected chi connectivity index (χ2v) is 4.77. The van der Waals surface area contributed by atoms with Crippen molar-refractivity contribution in [2.75, 3.05) is 6.54 Å². The number of halogens is 1. The standard InChI is InChI=1S/C13H14ClN3/c14-10-4-1-3-9(7-10)12-8-16-13(17-12)11-5-2-6-15-11/h1,3-4,7-8,11,15H,2,5-6H2,(H,16,17). The maximum absolute atomic E-state index is 5.98. The average Bonchev–Trinajstić information content (AvgIpc) is 3.00. The third-order valence-corrected chi connectivity index (χ3v) is 3.34. The Hall–Kier alpha value is -1.32. The number of nitrogens with zero attached hydrogens (tertiary/aromatic N) is 1. The normalized spacial score (nSPS) is 19.7. The van der Waals surface area contributed by atoms with Crippen LogP contribution < -0.4 is 5.32 Å². The van der Waals surface area contributed by atoms with Crippen molar-refractivity contribution in [3.8, 4) is 11.3 Å². The van der Waals surface area contributed by atoms with Crippen LogP contribution in [0.2, 0.25) is 5.02 Å². The van der Waals surface area contributed by atoms with Gasteiger partial charge >= 0.3 is 0 Å². The number of benzene rings is 1. The summed E-state index contributed by atoms with van der Waals surface area (Å²) in [5.74, 6) is 1.03. The summed E-state index contributed by atoms with van der Waals surface area (Å²) < 4.78 is 0. The molecule has 0 aliphatic carbocycles. The fourth-order valence-electron chi connectivity index (χ4n) is 2.23. The number of imidazole rings is 1. The number of hydrogen-bond acceptors (Lipinski definition) is 2. The van der Waals surface area contributed by atoms with Gasteiger partial charge in [0.25, 0.3) is 0 Å². The molecule has 2 heterocycles. The molecule has 1 fully saturated rings. The number of aromatic amines is 1. The summed E-state index contributed by atoms with van der Waals surface area (Å²) in [6, 6.07) is 8.15. The highest BCUT2D eigenvalue weighted by atomic mass is 35.5. The maximum atomic E-state index is 5.98. The van der Waals surface area contributed by atoms with E-state index in [1.165, 1.54) is 6.42 Å². The van der Waals surface area contributed by atoms with Gasteiger partial charge in [0, 0.05) is 16.8 Å². The Morgan fingerprint density at radius 3 is 3.06 bits per heavy atom. The van der Waals surface area contributed by atoms with Gasteiger partial charge in [0.2, 0.25) is 0 Å². The molecule has 0 amide bonds. The summed E-state index contributed by atoms with van der Waals surface area (Å²) in [7, 11) is 0. The van der Waals surface area contributed by atoms with Crippen molar-refractivity contribution in [2.45, 2.75) is 18.9 Å². The number of nitrogens with one attached hydrogen (secondary N) is 2. The maximum Gasteiger partial charge on any atom is 0.124 e. The molecule has 0 spiro atoms. The second kappa shape index (κ2) is 4.51. The van der Waals surface area contributed by atoms with E-state index < -0.39 is 0 Å². The molecule has 3 rings (SSSR count). The van der Waals surface area contributed by atoms with E-state index in [4.69, 9.17) is 11.6 Å². The first-order chi connectivity index (χ1) is 8.33. The molecule has 1 aromatic heterocycles. The van der Waals surface area contributed by atoms with Crippen LogP contribution in [0, 0.1) is 0 Å². The second-order valence-electron chi connectivity index (χ2n) is 4.33. The van der Waals surface area contributed by atoms with Gasteiger partial charge in [-0.05, 0) is 31.5 Å². The van der Waals surface area contributed by atoms with Crippen LogP contribution in [0.25, 0.3) is 11.3 Å². The van der Waals surface area contributed by atoms with Crippen molar-refractivity contribution in [3.63, 3.8) is 0 Å². The van der Waals surface area contributed by atoms with Crippen LogP contribution in [0.3, 0.4) is 0 Å². The topological polar surface area (TPSA) is 40.7 Å². The molecule has 1 atom stereocenters. The zero-order valence-corrected chi connectivity index (χ0v) is 10.2. The van der Waals surface area contributed by atoms with E-state index in [0.29, 0.717) is 6.04 Å². The Kier molecular flexibility index (Phi) is 2.87. The van der Waals surface area contributed by atoms with Gasteiger partial charge in [0.05, 0.1) is 11.7 Å². The molecule has 2 N–H and O–H groups in total. The van der Waals surface area contributed by atoms with Gasteiger partial charge in [0.15, 0.2) is 0 Å². The summed E-state index contributed by atoms with van der Waals surface area (Å²) in [5.41, 5.74) is 2.01. The molecule has 88 valence electrons. The van der Waals surface area contributed by atoms with Crippen LogP contribution in [0.4, 0.5) is 0 Å². The molecular formula is C13H14ClN3. The van der Waals surface area contributed by atoms with Gasteiger partial charge in [-0.1, -0.05) is 23.7 Å². The van der Waals surface area contributed by atoms with E-state index in [0.717, 1.165) is 35.1 Å². The summed E-state index contributed by atoms with van der Waals surface area (Å²) >= 11 is 5.98. The summed E-state index contributed by atoms with van der Waals surface area (Å²) in [6.45, 7) is 1.08. The minimum absolute atomic E-state index is 0.378. The van der Waals surface area contributed by atoms with E-state index >= 15 is 0 Å². The van der Waals surface area contributed by atoms with Gasteiger partial charge in [-0.2, -0.15) is 0 Å². The van der Waals surface area contributed by atoms with Crippen LogP contribution >= 0.6 is 11.6 Å². The summed E-state index contributed by atoms with van der Waals surface area (Å²) in [5, 5.41) is 4.17. The average molecular weight is 248 g/mol. The molecule has 3 nitrogen and oxygen atoms in total. The van der Waals surface area contributed by atoms with Crippen molar-refractivity contribution >= 4 is 11.6 Å². The fraction of sp³-hybridized carbons (Fsp3) is 0.308. The first-order valence-corrected chi connectivity index (χ1v) is 6.25. The van der Waals surface area contributed by atoms with E-state index in [1.54, 1.807) is 0 Å². The molecule has 17 heavy (non-hydrogen) atoms. The SMILES string of the molecule is Clc1cccc(-c2c[nH]c(C3CCCN3)n2)c1. The molecule has 1 saturated heterocycles. The van der Waals surface area contributed by atoms with E-state index in [9.17, 15) is 0 Å². The van der Waals surface area contributed by atoms with Crippen LogP contribution in [-0.4, -0.2) is 16.5 Å². The largest absolute Gasteiger partial charge is 0.347 e. The van der Waals surface area contributed by atoms with Crippen LogP contribution in [0.15, 0.2) is 30.5 Å². The van der Waals surface area contributed by atoms with Crippen LogP contribution in [-0.2, 0) is 0 Å². The lowest BCUT2D eigenvalue weighted by molar-refractivity contribution is 0.613. The predicted molar refractivity (Wildman–Crippen MR) is 69.0 cm³/mol. The molecule has 0 radical (unpaired) electrons. The van der Waals surface area contributed by atoms with Crippen LogP contribution in [0.1, 0.15) is 24.7 Å². The highest BCUT2D eigenvalue weighted by molar-refractivity contribution is 6.30. The summed E-state index contributed by atoms with van der Waals surface area (Å²) in [4.78, 5) is 7.88. The lowest BCUT2D eigenvalue weighted by atomic mass is 10.2.